The molecule has 1 atom stereocenters. The topological polar surface area (TPSA) is 98.2 Å². The van der Waals surface area contributed by atoms with Gasteiger partial charge in [-0.15, -0.1) is 5.10 Å². The van der Waals surface area contributed by atoms with Gasteiger partial charge in [0.15, 0.2) is 17.3 Å². The molecular formula is C30H40N6O3. The molecule has 0 aliphatic rings. The second kappa shape index (κ2) is 11.6. The highest BCUT2D eigenvalue weighted by atomic mass is 16.5. The van der Waals surface area contributed by atoms with Crippen LogP contribution in [0.25, 0.3) is 10.9 Å². The van der Waals surface area contributed by atoms with E-state index in [0.717, 1.165) is 51.8 Å². The summed E-state index contributed by atoms with van der Waals surface area (Å²) in [5.74, 6) is 2.19. The number of aryl methyl sites for hydroxylation is 2. The van der Waals surface area contributed by atoms with Crippen LogP contribution in [0.15, 0.2) is 41.2 Å². The minimum absolute atomic E-state index is 0.0717. The molecule has 1 N–H and O–H groups in total. The van der Waals surface area contributed by atoms with E-state index in [1.807, 2.05) is 35.9 Å². The van der Waals surface area contributed by atoms with Gasteiger partial charge in [0.1, 0.15) is 0 Å². The zero-order valence-corrected chi connectivity index (χ0v) is 24.3. The standard InChI is InChI=1S/C30H40N6O3/c1-9-24(28-32-33-34-36(28)30(4,5)6)35(15-14-21-12-13-25(38-7)26(16-21)39-8)18-22-17-23-19(2)10-11-20(3)27(23)31-29(22)37/h10-13,16-17,24H,9,14-15,18H2,1-8H3,(H,31,37)/t24-/m1/s1. The predicted molar refractivity (Wildman–Crippen MR) is 154 cm³/mol. The summed E-state index contributed by atoms with van der Waals surface area (Å²) >= 11 is 0. The molecule has 208 valence electrons. The third kappa shape index (κ3) is 5.98. The van der Waals surface area contributed by atoms with Gasteiger partial charge < -0.3 is 14.5 Å². The minimum Gasteiger partial charge on any atom is -0.493 e. The average Bonchev–Trinajstić information content (AvgIpc) is 3.40. The maximum absolute atomic E-state index is 13.3. The number of rotatable bonds is 10. The number of aromatic amines is 1. The third-order valence-corrected chi connectivity index (χ3v) is 7.28. The molecule has 4 rings (SSSR count). The van der Waals surface area contributed by atoms with Gasteiger partial charge in [-0.05, 0) is 92.8 Å². The van der Waals surface area contributed by atoms with E-state index in [-0.39, 0.29) is 17.1 Å². The summed E-state index contributed by atoms with van der Waals surface area (Å²) in [6, 6.07) is 12.1. The molecule has 9 nitrogen and oxygen atoms in total. The first-order valence-electron chi connectivity index (χ1n) is 13.4. The van der Waals surface area contributed by atoms with E-state index in [4.69, 9.17) is 9.47 Å². The molecular weight excluding hydrogens is 492 g/mol. The number of hydrogen-bond acceptors (Lipinski definition) is 7. The second-order valence-corrected chi connectivity index (χ2v) is 11.1. The molecule has 0 radical (unpaired) electrons. The number of tetrazole rings is 1. The fourth-order valence-electron chi connectivity index (χ4n) is 5.09. The molecule has 9 heteroatoms. The van der Waals surface area contributed by atoms with Gasteiger partial charge >= 0.3 is 0 Å². The van der Waals surface area contributed by atoms with Crippen LogP contribution in [0.4, 0.5) is 0 Å². The summed E-state index contributed by atoms with van der Waals surface area (Å²) in [6.45, 7) is 13.6. The Morgan fingerprint density at radius 3 is 2.41 bits per heavy atom. The number of aromatic nitrogens is 5. The monoisotopic (exact) mass is 532 g/mol. The quantitative estimate of drug-likeness (QED) is 0.303. The van der Waals surface area contributed by atoms with Crippen LogP contribution in [-0.4, -0.2) is 50.9 Å². The van der Waals surface area contributed by atoms with E-state index >= 15 is 0 Å². The van der Waals surface area contributed by atoms with Crippen LogP contribution in [0, 0.1) is 13.8 Å². The van der Waals surface area contributed by atoms with Gasteiger partial charge in [0.2, 0.25) is 0 Å². The Morgan fingerprint density at radius 1 is 1.03 bits per heavy atom. The van der Waals surface area contributed by atoms with Crippen LogP contribution in [0.1, 0.15) is 68.2 Å². The van der Waals surface area contributed by atoms with Crippen LogP contribution < -0.4 is 15.0 Å². The number of fused-ring (bicyclic) bond motifs is 1. The molecule has 2 heterocycles. The van der Waals surface area contributed by atoms with E-state index in [1.54, 1.807) is 14.2 Å². The summed E-state index contributed by atoms with van der Waals surface area (Å²) in [5.41, 5.74) is 4.56. The largest absolute Gasteiger partial charge is 0.493 e. The number of benzene rings is 2. The van der Waals surface area contributed by atoms with Crippen molar-refractivity contribution in [1.29, 1.82) is 0 Å². The molecule has 4 aromatic rings. The molecule has 0 saturated heterocycles. The lowest BCUT2D eigenvalue weighted by Gasteiger charge is -2.32. The van der Waals surface area contributed by atoms with E-state index in [0.29, 0.717) is 24.6 Å². The van der Waals surface area contributed by atoms with Gasteiger partial charge in [0.25, 0.3) is 5.56 Å². The Morgan fingerprint density at radius 2 is 1.74 bits per heavy atom. The van der Waals surface area contributed by atoms with Crippen molar-refractivity contribution in [3.8, 4) is 11.5 Å². The molecule has 0 fully saturated rings. The number of pyridine rings is 1. The number of ether oxygens (including phenoxy) is 2. The fourth-order valence-corrected chi connectivity index (χ4v) is 5.09. The molecule has 0 amide bonds. The summed E-state index contributed by atoms with van der Waals surface area (Å²) in [7, 11) is 3.28. The van der Waals surface area contributed by atoms with Crippen LogP contribution in [0.2, 0.25) is 0 Å². The molecule has 0 saturated carbocycles. The molecule has 0 unspecified atom stereocenters. The van der Waals surface area contributed by atoms with Crippen molar-refractivity contribution in [3.05, 3.63) is 74.8 Å². The molecule has 0 bridgehead atoms. The van der Waals surface area contributed by atoms with E-state index < -0.39 is 0 Å². The number of nitrogens with zero attached hydrogens (tertiary/aromatic N) is 5. The first-order chi connectivity index (χ1) is 18.6. The Labute approximate surface area is 230 Å². The predicted octanol–water partition coefficient (Wildman–Crippen LogP) is 5.10. The summed E-state index contributed by atoms with van der Waals surface area (Å²) in [6.07, 6.45) is 1.53. The SMILES string of the molecule is CC[C@H](c1nnnn1C(C)(C)C)N(CCc1ccc(OC)c(OC)c1)Cc1cc2c(C)ccc(C)c2[nH]c1=O. The Bertz CT molecular complexity index is 1500. The fraction of sp³-hybridized carbons (Fsp3) is 0.467. The number of methoxy groups -OCH3 is 2. The van der Waals surface area contributed by atoms with Gasteiger partial charge in [-0.2, -0.15) is 0 Å². The lowest BCUT2D eigenvalue weighted by atomic mass is 10.0. The molecule has 0 aliphatic carbocycles. The van der Waals surface area contributed by atoms with E-state index in [9.17, 15) is 4.79 Å². The first-order valence-corrected chi connectivity index (χ1v) is 13.4. The maximum Gasteiger partial charge on any atom is 0.252 e. The van der Waals surface area contributed by atoms with Crippen LogP contribution in [-0.2, 0) is 18.5 Å². The first kappa shape index (κ1) is 28.3. The number of H-pyrrole nitrogens is 1. The van der Waals surface area contributed by atoms with Crippen molar-refractivity contribution in [3.63, 3.8) is 0 Å². The van der Waals surface area contributed by atoms with Gasteiger partial charge in [0.05, 0.1) is 31.3 Å². The molecule has 2 aromatic heterocycles. The number of nitrogens with one attached hydrogen (secondary N) is 1. The smallest absolute Gasteiger partial charge is 0.252 e. The van der Waals surface area contributed by atoms with Gasteiger partial charge in [0, 0.05) is 24.0 Å². The lowest BCUT2D eigenvalue weighted by molar-refractivity contribution is 0.163. The van der Waals surface area contributed by atoms with E-state index in [1.165, 1.54) is 0 Å². The Hall–Kier alpha value is -3.72. The van der Waals surface area contributed by atoms with Crippen molar-refractivity contribution >= 4 is 10.9 Å². The summed E-state index contributed by atoms with van der Waals surface area (Å²) in [4.78, 5) is 18.8. The Kier molecular flexibility index (Phi) is 8.39. The highest BCUT2D eigenvalue weighted by Gasteiger charge is 2.29. The molecule has 2 aromatic carbocycles. The molecule has 0 aliphatic heterocycles. The van der Waals surface area contributed by atoms with Crippen molar-refractivity contribution in [1.82, 2.24) is 30.1 Å². The highest BCUT2D eigenvalue weighted by Crippen LogP contribution is 2.30. The van der Waals surface area contributed by atoms with Crippen LogP contribution in [0.3, 0.4) is 0 Å². The van der Waals surface area contributed by atoms with Crippen molar-refractivity contribution in [2.75, 3.05) is 20.8 Å². The van der Waals surface area contributed by atoms with Crippen LogP contribution in [0.5, 0.6) is 11.5 Å². The normalized spacial score (nSPS) is 12.7. The van der Waals surface area contributed by atoms with Gasteiger partial charge in [-0.3, -0.25) is 9.69 Å². The number of hydrogen-bond donors (Lipinski definition) is 1. The van der Waals surface area contributed by atoms with E-state index in [2.05, 4.69) is 72.2 Å². The lowest BCUT2D eigenvalue weighted by Crippen LogP contribution is -2.36. The zero-order valence-electron chi connectivity index (χ0n) is 24.3. The van der Waals surface area contributed by atoms with Crippen molar-refractivity contribution in [2.24, 2.45) is 0 Å². The second-order valence-electron chi connectivity index (χ2n) is 11.1. The van der Waals surface area contributed by atoms with Crippen molar-refractivity contribution < 1.29 is 9.47 Å². The maximum atomic E-state index is 13.3. The van der Waals surface area contributed by atoms with Gasteiger partial charge in [-0.1, -0.05) is 25.1 Å². The van der Waals surface area contributed by atoms with Crippen molar-refractivity contribution in [2.45, 2.75) is 72.5 Å². The average molecular weight is 533 g/mol. The summed E-state index contributed by atoms with van der Waals surface area (Å²) in [5, 5.41) is 13.9. The molecule has 39 heavy (non-hydrogen) atoms. The van der Waals surface area contributed by atoms with Crippen LogP contribution >= 0.6 is 0 Å². The molecule has 0 spiro atoms. The Balaban J connectivity index is 1.74. The van der Waals surface area contributed by atoms with Gasteiger partial charge in [-0.25, -0.2) is 4.68 Å². The zero-order chi connectivity index (χ0) is 28.3. The third-order valence-electron chi connectivity index (χ3n) is 7.28. The summed E-state index contributed by atoms with van der Waals surface area (Å²) < 4.78 is 12.8. The highest BCUT2D eigenvalue weighted by molar-refractivity contribution is 5.85. The minimum atomic E-state index is -0.281.